The van der Waals surface area contributed by atoms with Gasteiger partial charge in [0.2, 0.25) is 17.7 Å². The highest BCUT2D eigenvalue weighted by molar-refractivity contribution is 6.05. The number of anilines is 2. The lowest BCUT2D eigenvalue weighted by atomic mass is 9.88. The van der Waals surface area contributed by atoms with E-state index < -0.39 is 40.9 Å². The van der Waals surface area contributed by atoms with E-state index in [1.807, 2.05) is 27.9 Å². The first kappa shape index (κ1) is 43.0. The molecule has 9 rings (SSSR count). The van der Waals surface area contributed by atoms with Crippen LogP contribution in [0.2, 0.25) is 0 Å². The Morgan fingerprint density at radius 3 is 2.42 bits per heavy atom. The van der Waals surface area contributed by atoms with Crippen LogP contribution in [-0.2, 0) is 24.7 Å². The van der Waals surface area contributed by atoms with Crippen LogP contribution in [0.1, 0.15) is 91.5 Å². The zero-order valence-electron chi connectivity index (χ0n) is 35.9. The molecule has 1 aliphatic carbocycles. The van der Waals surface area contributed by atoms with E-state index in [9.17, 15) is 29.5 Å². The summed E-state index contributed by atoms with van der Waals surface area (Å²) in [5, 5.41) is 35.6. The summed E-state index contributed by atoms with van der Waals surface area (Å²) < 4.78 is 39.5. The summed E-state index contributed by atoms with van der Waals surface area (Å²) in [6.45, 7) is 6.25. The molecule has 1 saturated carbocycles. The normalized spacial score (nSPS) is 22.4. The van der Waals surface area contributed by atoms with Gasteiger partial charge in [-0.25, -0.2) is 13.3 Å². The third-order valence-corrected chi connectivity index (χ3v) is 13.4. The van der Waals surface area contributed by atoms with Crippen LogP contribution >= 0.6 is 0 Å². The summed E-state index contributed by atoms with van der Waals surface area (Å²) >= 11 is 0. The molecule has 4 fully saturated rings. The third kappa shape index (κ3) is 8.19. The fourth-order valence-corrected chi connectivity index (χ4v) is 9.97. The number of amides is 4. The second-order valence-corrected chi connectivity index (χ2v) is 18.0. The van der Waals surface area contributed by atoms with Crippen molar-refractivity contribution >= 4 is 51.4 Å². The number of methoxy groups -OCH3 is 1. The molecule has 4 amide bonds. The van der Waals surface area contributed by atoms with Gasteiger partial charge in [0.25, 0.3) is 5.91 Å². The van der Waals surface area contributed by atoms with Crippen molar-refractivity contribution in [1.82, 2.24) is 34.5 Å². The first-order valence-corrected chi connectivity index (χ1v) is 21.7. The van der Waals surface area contributed by atoms with E-state index in [1.54, 1.807) is 44.1 Å². The number of halogens is 2. The van der Waals surface area contributed by atoms with E-state index in [-0.39, 0.29) is 48.0 Å². The number of aromatic nitrogens is 4. The van der Waals surface area contributed by atoms with Crippen LogP contribution in [0.4, 0.5) is 20.2 Å². The van der Waals surface area contributed by atoms with Crippen molar-refractivity contribution in [3.05, 3.63) is 88.9 Å². The Bertz CT molecular complexity index is 2680. The number of nitrogens with zero attached hydrogens (tertiary/aromatic N) is 8. The van der Waals surface area contributed by atoms with Gasteiger partial charge in [-0.2, -0.15) is 15.5 Å². The molecule has 0 unspecified atom stereocenters. The van der Waals surface area contributed by atoms with E-state index in [0.29, 0.717) is 78.9 Å². The van der Waals surface area contributed by atoms with E-state index in [0.717, 1.165) is 31.1 Å². The zero-order chi connectivity index (χ0) is 45.0. The SMILES string of the molecule is COC[C@@H]1CN(C2CCC(n3cc4cc(NC(=O)c5ccc6cc(C#N)cnn56)c(C(C)(C)O)cc4n3)CC2)CCN1C(=O)C1CN(c2cc(F)c([C@H]3CCC(=O)NC3=O)c(F)c2)C1. The molecule has 4 aliphatic rings. The maximum absolute atomic E-state index is 15.2. The highest BCUT2D eigenvalue weighted by Crippen LogP contribution is 2.38. The number of piperazine rings is 1. The summed E-state index contributed by atoms with van der Waals surface area (Å²) in [5.74, 6) is -4.69. The van der Waals surface area contributed by atoms with Gasteiger partial charge in [0.05, 0.1) is 58.9 Å². The van der Waals surface area contributed by atoms with Gasteiger partial charge in [-0.15, -0.1) is 0 Å². The molecule has 18 heteroatoms. The molecule has 3 aromatic heterocycles. The quantitative estimate of drug-likeness (QED) is 0.166. The lowest BCUT2D eigenvalue weighted by molar-refractivity contribution is -0.144. The Labute approximate surface area is 367 Å². The summed E-state index contributed by atoms with van der Waals surface area (Å²) in [4.78, 5) is 57.4. The van der Waals surface area contributed by atoms with Crippen LogP contribution in [0.15, 0.2) is 54.9 Å². The second-order valence-electron chi connectivity index (χ2n) is 18.0. The molecular formula is C46H50F2N10O6. The average Bonchev–Trinajstić information content (AvgIpc) is 3.87. The van der Waals surface area contributed by atoms with E-state index in [2.05, 4.69) is 26.7 Å². The standard InChI is InChI=1S/C46H50F2N10O6/c1-46(2,63)35-18-38-27(15-39(35)51-44(61)40-10-8-31-14-26(19-49)20-50-58(31)40)23-57(53-38)30-6-4-29(5-7-30)54-12-13-56(33(24-54)25-64-3)45(62)28-21-55(22-28)32-16-36(47)42(37(48)17-32)34-9-11-41(59)52-43(34)60/h8,10,14-18,20,23,28-30,33-34,63H,4-7,9,11-13,21-22,24-25H2,1-3H3,(H,51,61)(H,52,59,60)/t29?,30?,33-,34+/m0/s1. The number of hydrogen-bond donors (Lipinski definition) is 3. The molecule has 3 aliphatic heterocycles. The molecule has 0 spiro atoms. The average molecular weight is 877 g/mol. The Hall–Kier alpha value is -6.29. The number of carbonyl (C=O) groups is 4. The van der Waals surface area contributed by atoms with Crippen molar-refractivity contribution in [3.63, 3.8) is 0 Å². The summed E-state index contributed by atoms with van der Waals surface area (Å²) in [6, 6.07) is 13.5. The number of hydrogen-bond acceptors (Lipinski definition) is 11. The van der Waals surface area contributed by atoms with Crippen LogP contribution < -0.4 is 15.5 Å². The number of nitriles is 1. The van der Waals surface area contributed by atoms with Gasteiger partial charge in [0, 0.05) is 86.4 Å². The van der Waals surface area contributed by atoms with Crippen molar-refractivity contribution in [2.24, 2.45) is 5.92 Å². The van der Waals surface area contributed by atoms with Gasteiger partial charge in [0.15, 0.2) is 0 Å². The lowest BCUT2D eigenvalue weighted by Gasteiger charge is -2.49. The number of ether oxygens (including phenoxy) is 1. The van der Waals surface area contributed by atoms with Crippen molar-refractivity contribution in [2.45, 2.75) is 82.0 Å². The van der Waals surface area contributed by atoms with E-state index in [1.165, 1.54) is 22.8 Å². The topological polar surface area (TPSA) is 190 Å². The van der Waals surface area contributed by atoms with Crippen LogP contribution in [0.5, 0.6) is 0 Å². The minimum atomic E-state index is -1.29. The Kier molecular flexibility index (Phi) is 11.4. The Balaban J connectivity index is 0.811. The largest absolute Gasteiger partial charge is 0.386 e. The molecule has 5 aromatic rings. The number of nitrogens with one attached hydrogen (secondary N) is 2. The fraction of sp³-hybridized carbons (Fsp3) is 0.457. The Morgan fingerprint density at radius 2 is 1.73 bits per heavy atom. The lowest BCUT2D eigenvalue weighted by Crippen LogP contribution is -2.63. The highest BCUT2D eigenvalue weighted by Gasteiger charge is 2.42. The minimum absolute atomic E-state index is 0.00514. The second kappa shape index (κ2) is 17.0. The zero-order valence-corrected chi connectivity index (χ0v) is 35.9. The van der Waals surface area contributed by atoms with Crippen molar-refractivity contribution in [3.8, 4) is 6.07 Å². The first-order valence-electron chi connectivity index (χ1n) is 21.7. The molecule has 334 valence electrons. The molecule has 3 N–H and O–H groups in total. The summed E-state index contributed by atoms with van der Waals surface area (Å²) in [7, 11) is 1.63. The van der Waals surface area contributed by atoms with Crippen molar-refractivity contribution in [1.29, 1.82) is 5.26 Å². The number of rotatable bonds is 10. The van der Waals surface area contributed by atoms with Gasteiger partial charge < -0.3 is 25.0 Å². The fourth-order valence-electron chi connectivity index (χ4n) is 9.97. The predicted octanol–water partition coefficient (Wildman–Crippen LogP) is 4.61. The van der Waals surface area contributed by atoms with Crippen molar-refractivity contribution < 1.29 is 37.8 Å². The molecule has 0 bridgehead atoms. The maximum Gasteiger partial charge on any atom is 0.274 e. The van der Waals surface area contributed by atoms with Gasteiger partial charge in [-0.05, 0) is 88.4 Å². The molecule has 6 heterocycles. The monoisotopic (exact) mass is 876 g/mol. The molecule has 2 atom stereocenters. The molecule has 0 radical (unpaired) electrons. The smallest absolute Gasteiger partial charge is 0.274 e. The van der Waals surface area contributed by atoms with Gasteiger partial charge in [-0.1, -0.05) is 0 Å². The number of carbonyl (C=O) groups excluding carboxylic acids is 4. The number of benzene rings is 2. The van der Waals surface area contributed by atoms with Gasteiger partial charge in [-0.3, -0.25) is 34.1 Å². The van der Waals surface area contributed by atoms with Crippen molar-refractivity contribution in [2.75, 3.05) is 56.7 Å². The van der Waals surface area contributed by atoms with Crippen LogP contribution in [0, 0.1) is 28.9 Å². The third-order valence-electron chi connectivity index (χ3n) is 13.4. The first-order chi connectivity index (χ1) is 30.7. The maximum atomic E-state index is 15.2. The number of fused-ring (bicyclic) bond motifs is 2. The highest BCUT2D eigenvalue weighted by atomic mass is 19.1. The number of imide groups is 1. The summed E-state index contributed by atoms with van der Waals surface area (Å²) in [6.07, 6.45) is 7.11. The van der Waals surface area contributed by atoms with Crippen LogP contribution in [0.25, 0.3) is 16.4 Å². The van der Waals surface area contributed by atoms with Crippen LogP contribution in [0.3, 0.4) is 0 Å². The molecule has 2 aromatic carbocycles. The van der Waals surface area contributed by atoms with Gasteiger partial charge >= 0.3 is 0 Å². The van der Waals surface area contributed by atoms with E-state index in [4.69, 9.17) is 9.84 Å². The molecular weight excluding hydrogens is 827 g/mol. The Morgan fingerprint density at radius 1 is 1.00 bits per heavy atom. The number of aliphatic hydroxyl groups is 1. The molecule has 16 nitrogen and oxygen atoms in total. The predicted molar refractivity (Wildman–Crippen MR) is 230 cm³/mol. The number of piperidine rings is 1. The molecule has 64 heavy (non-hydrogen) atoms. The molecule has 3 saturated heterocycles. The van der Waals surface area contributed by atoms with E-state index >= 15 is 8.78 Å². The van der Waals surface area contributed by atoms with Crippen LogP contribution in [-0.4, -0.2) is 116 Å². The summed E-state index contributed by atoms with van der Waals surface area (Å²) in [5.41, 5.74) is 1.63. The van der Waals surface area contributed by atoms with Gasteiger partial charge in [0.1, 0.15) is 23.4 Å². The minimum Gasteiger partial charge on any atom is -0.386 e.